The van der Waals surface area contributed by atoms with Crippen LogP contribution in [0.2, 0.25) is 5.02 Å². The molecular formula is C34H49ClN2O10S. The van der Waals surface area contributed by atoms with Gasteiger partial charge in [-0.1, -0.05) is 42.3 Å². The summed E-state index contributed by atoms with van der Waals surface area (Å²) in [7, 11) is 2.19. The van der Waals surface area contributed by atoms with Gasteiger partial charge in [-0.15, -0.1) is 9.93 Å². The van der Waals surface area contributed by atoms with E-state index in [0.717, 1.165) is 11.1 Å². The van der Waals surface area contributed by atoms with Crippen LogP contribution < -0.4 is 15.0 Å². The van der Waals surface area contributed by atoms with Crippen LogP contribution in [0.5, 0.6) is 5.75 Å². The number of thiol groups is 1. The fourth-order valence-corrected chi connectivity index (χ4v) is 7.66. The van der Waals surface area contributed by atoms with Gasteiger partial charge in [0.15, 0.2) is 5.72 Å². The standard InChI is InChI=1S/C34H49ClN2O10S/c1-20-11-9-12-26(44-6)34(41)19-25(45-32(40)36-34)21(2)31-33(3,47-31)27(46-29(39)13-10-14-48(7,8)42)18-28(38)37(4)23-16-22(15-20)17-24(43-5)30(23)35/h9,11-12,16-17,21,25-27,31,41,48H,10,13-15,18-19H2,1-8H3,(H,36,40)/b12-9+,20-11+/t21-,25+,26-,27+,31+,33+,34+/m1/s1. The van der Waals surface area contributed by atoms with Crippen LogP contribution in [0.4, 0.5) is 10.5 Å². The van der Waals surface area contributed by atoms with Gasteiger partial charge in [0, 0.05) is 38.7 Å². The Balaban J connectivity index is 1.75. The Hall–Kier alpha value is -2.97. The molecule has 1 aromatic rings. The molecule has 2 N–H and O–H groups in total. The number of nitrogens with zero attached hydrogens (tertiary/aromatic N) is 1. The molecule has 48 heavy (non-hydrogen) atoms. The first kappa shape index (κ1) is 37.8. The third kappa shape index (κ3) is 8.78. The van der Waals surface area contributed by atoms with Crippen molar-refractivity contribution in [1.82, 2.24) is 5.32 Å². The minimum atomic E-state index is -2.33. The molecule has 0 aromatic heterocycles. The molecule has 3 aliphatic heterocycles. The lowest BCUT2D eigenvalue weighted by atomic mass is 9.83. The Morgan fingerprint density at radius 2 is 1.96 bits per heavy atom. The van der Waals surface area contributed by atoms with Crippen molar-refractivity contribution < 1.29 is 47.4 Å². The van der Waals surface area contributed by atoms with Crippen LogP contribution in [0, 0.1) is 5.92 Å². The average molecular weight is 713 g/mol. The molecule has 0 radical (unpaired) electrons. The van der Waals surface area contributed by atoms with E-state index in [1.54, 1.807) is 44.7 Å². The number of methoxy groups -OCH3 is 2. The van der Waals surface area contributed by atoms with Crippen LogP contribution in [0.3, 0.4) is 0 Å². The first-order chi connectivity index (χ1) is 22.4. The second kappa shape index (κ2) is 14.9. The topological polar surface area (TPSA) is 153 Å². The van der Waals surface area contributed by atoms with E-state index in [4.69, 9.17) is 35.3 Å². The lowest BCUT2D eigenvalue weighted by Gasteiger charge is -2.42. The van der Waals surface area contributed by atoms with Gasteiger partial charge >= 0.3 is 12.1 Å². The van der Waals surface area contributed by atoms with Gasteiger partial charge in [0.05, 0.1) is 25.3 Å². The normalized spacial score (nSPS) is 33.3. The molecule has 4 rings (SSSR count). The number of benzene rings is 1. The highest BCUT2D eigenvalue weighted by Crippen LogP contribution is 2.49. The number of carbonyl (C=O) groups excluding carboxylic acids is 3. The molecule has 0 unspecified atom stereocenters. The van der Waals surface area contributed by atoms with E-state index >= 15 is 0 Å². The molecule has 14 heteroatoms. The third-order valence-electron chi connectivity index (χ3n) is 9.30. The zero-order valence-corrected chi connectivity index (χ0v) is 30.6. The number of alkyl carbamates (subject to hydrolysis) is 1. The van der Waals surface area contributed by atoms with Gasteiger partial charge < -0.3 is 33.7 Å². The van der Waals surface area contributed by atoms with Gasteiger partial charge in [-0.3, -0.25) is 19.1 Å². The number of nitrogens with one attached hydrogen (secondary N) is 1. The molecule has 2 fully saturated rings. The minimum Gasteiger partial charge on any atom is -0.495 e. The molecule has 268 valence electrons. The number of amides is 2. The summed E-state index contributed by atoms with van der Waals surface area (Å²) in [6, 6.07) is 3.61. The molecule has 2 amide bonds. The van der Waals surface area contributed by atoms with Crippen LogP contribution in [-0.4, -0.2) is 103 Å². The fraction of sp³-hybridized carbons (Fsp3) is 0.618. The van der Waals surface area contributed by atoms with Crippen molar-refractivity contribution in [1.29, 1.82) is 0 Å². The van der Waals surface area contributed by atoms with Gasteiger partial charge in [-0.05, 0) is 56.9 Å². The monoisotopic (exact) mass is 712 g/mol. The number of hydrogen-bond acceptors (Lipinski definition) is 10. The molecule has 1 aromatic carbocycles. The lowest BCUT2D eigenvalue weighted by molar-refractivity contribution is -0.153. The van der Waals surface area contributed by atoms with Crippen LogP contribution in [-0.2, 0) is 44.9 Å². The number of anilines is 1. The number of esters is 1. The highest BCUT2D eigenvalue weighted by molar-refractivity contribution is 8.01. The highest BCUT2D eigenvalue weighted by atomic mass is 35.5. The molecular weight excluding hydrogens is 664 g/mol. The number of halogens is 1. The quantitative estimate of drug-likeness (QED) is 0.217. The number of ether oxygens (including phenoxy) is 5. The van der Waals surface area contributed by atoms with E-state index in [0.29, 0.717) is 30.0 Å². The zero-order valence-electron chi connectivity index (χ0n) is 28.9. The van der Waals surface area contributed by atoms with Gasteiger partial charge in [-0.2, -0.15) is 0 Å². The Morgan fingerprint density at radius 1 is 1.25 bits per heavy atom. The predicted octanol–water partition coefficient (Wildman–Crippen LogP) is 3.72. The summed E-state index contributed by atoms with van der Waals surface area (Å²) in [6.45, 7) is 5.49. The van der Waals surface area contributed by atoms with Gasteiger partial charge in [0.25, 0.3) is 0 Å². The highest BCUT2D eigenvalue weighted by Gasteiger charge is 2.64. The molecule has 3 heterocycles. The van der Waals surface area contributed by atoms with Crippen molar-refractivity contribution in [3.05, 3.63) is 46.5 Å². The molecule has 7 atom stereocenters. The van der Waals surface area contributed by atoms with E-state index in [-0.39, 0.29) is 30.2 Å². The van der Waals surface area contributed by atoms with Gasteiger partial charge in [0.2, 0.25) is 5.91 Å². The Kier molecular flexibility index (Phi) is 11.7. The van der Waals surface area contributed by atoms with Gasteiger partial charge in [0.1, 0.15) is 34.7 Å². The Bertz CT molecular complexity index is 1510. The van der Waals surface area contributed by atoms with E-state index < -0.39 is 63.7 Å². The smallest absolute Gasteiger partial charge is 0.409 e. The SMILES string of the molecule is COc1cc2cc(c1Cl)N(C)C(=O)C[C@H](OC(=O)CCC[SH](C)(C)=O)[C@]1(C)O[C@H]1[C@H](C)[C@@H]1C[C@@](O)(NC(=O)O1)[C@H](OC)/C=C/C=C(\C)C2. The second-order valence-electron chi connectivity index (χ2n) is 13.7. The Labute approximate surface area is 288 Å². The largest absolute Gasteiger partial charge is 0.495 e. The van der Waals surface area contributed by atoms with Crippen LogP contribution in [0.1, 0.15) is 52.0 Å². The predicted molar refractivity (Wildman–Crippen MR) is 184 cm³/mol. The third-order valence-corrected chi connectivity index (χ3v) is 11.1. The maximum absolute atomic E-state index is 13.9. The van der Waals surface area contributed by atoms with Crippen LogP contribution >= 0.6 is 11.6 Å². The fourth-order valence-electron chi connectivity index (χ4n) is 6.43. The number of epoxide rings is 1. The number of hydrogen-bond donors (Lipinski definition) is 3. The number of aliphatic hydroxyl groups is 1. The average Bonchev–Trinajstić information content (AvgIpc) is 3.69. The summed E-state index contributed by atoms with van der Waals surface area (Å²) in [5.74, 6) is -0.640. The number of allylic oxidation sites excluding steroid dienone is 3. The van der Waals surface area contributed by atoms with Crippen molar-refractivity contribution in [2.45, 2.75) is 88.6 Å². The first-order valence-corrected chi connectivity index (χ1v) is 19.2. The molecule has 3 aliphatic rings. The van der Waals surface area contributed by atoms with Crippen LogP contribution in [0.25, 0.3) is 0 Å². The molecule has 4 bridgehead atoms. The molecule has 2 saturated heterocycles. The Morgan fingerprint density at radius 3 is 2.60 bits per heavy atom. The van der Waals surface area contributed by atoms with E-state index in [1.165, 1.54) is 19.1 Å². The summed E-state index contributed by atoms with van der Waals surface area (Å²) >= 11 is 6.71. The number of rotatable bonds is 7. The molecule has 0 aliphatic carbocycles. The molecule has 0 spiro atoms. The lowest BCUT2D eigenvalue weighted by Crippen LogP contribution is -2.63. The van der Waals surface area contributed by atoms with E-state index in [2.05, 4.69) is 5.32 Å². The van der Waals surface area contributed by atoms with Crippen molar-refractivity contribution >= 4 is 45.2 Å². The summed E-state index contributed by atoms with van der Waals surface area (Å²) < 4.78 is 41.1. The zero-order chi connectivity index (χ0) is 35.6. The molecule has 0 saturated carbocycles. The number of carbonyl (C=O) groups is 3. The maximum atomic E-state index is 13.9. The van der Waals surface area contributed by atoms with Crippen molar-refractivity contribution in [3.63, 3.8) is 0 Å². The van der Waals surface area contributed by atoms with Crippen molar-refractivity contribution in [2.75, 3.05) is 44.4 Å². The van der Waals surface area contributed by atoms with Crippen LogP contribution in [0.15, 0.2) is 35.9 Å². The van der Waals surface area contributed by atoms with E-state index in [9.17, 15) is 23.7 Å². The summed E-state index contributed by atoms with van der Waals surface area (Å²) in [6.07, 6.45) is 5.06. The summed E-state index contributed by atoms with van der Waals surface area (Å²) in [5.41, 5.74) is -0.733. The maximum Gasteiger partial charge on any atom is 0.409 e. The second-order valence-corrected chi connectivity index (χ2v) is 17.7. The summed E-state index contributed by atoms with van der Waals surface area (Å²) in [4.78, 5) is 41.2. The van der Waals surface area contributed by atoms with E-state index in [1.807, 2.05) is 26.0 Å². The summed E-state index contributed by atoms with van der Waals surface area (Å²) in [5, 5.41) is 14.4. The first-order valence-electron chi connectivity index (χ1n) is 16.0. The molecule has 12 nitrogen and oxygen atoms in total. The van der Waals surface area contributed by atoms with Gasteiger partial charge in [-0.25, -0.2) is 4.79 Å². The minimum absolute atomic E-state index is 0.0192. The number of fused-ring (bicyclic) bond motifs is 5. The van der Waals surface area contributed by atoms with Crippen molar-refractivity contribution in [2.24, 2.45) is 5.92 Å². The van der Waals surface area contributed by atoms with Crippen molar-refractivity contribution in [3.8, 4) is 5.75 Å².